The van der Waals surface area contributed by atoms with E-state index in [9.17, 15) is 9.59 Å². The Labute approximate surface area is 189 Å². The molecule has 0 saturated heterocycles. The minimum absolute atomic E-state index is 0.0296. The Bertz CT molecular complexity index is 1080. The summed E-state index contributed by atoms with van der Waals surface area (Å²) in [7, 11) is 0. The molecule has 0 fully saturated rings. The van der Waals surface area contributed by atoms with Crippen LogP contribution in [0.3, 0.4) is 0 Å². The van der Waals surface area contributed by atoms with Crippen molar-refractivity contribution in [2.75, 3.05) is 10.6 Å². The van der Waals surface area contributed by atoms with Gasteiger partial charge in [0.25, 0.3) is 11.8 Å². The van der Waals surface area contributed by atoms with E-state index in [1.54, 1.807) is 31.2 Å². The standard InChI is InChI=1S/C27H30N2O3/c1-18-9-15-24(16-10-18)32-19(2)25(30)28-22-7-6-8-23(17-22)29-26(31)20-11-13-21(14-12-20)27(3,4)5/h6-17,19H,1-5H3,(H,28,30)(H,29,31)/t19-/m1/s1. The molecule has 2 N–H and O–H groups in total. The average molecular weight is 431 g/mol. The van der Waals surface area contributed by atoms with Crippen LogP contribution >= 0.6 is 0 Å². The molecular weight excluding hydrogens is 400 g/mol. The van der Waals surface area contributed by atoms with E-state index in [-0.39, 0.29) is 17.2 Å². The lowest BCUT2D eigenvalue weighted by Gasteiger charge is -2.19. The Hall–Kier alpha value is -3.60. The minimum atomic E-state index is -0.669. The van der Waals surface area contributed by atoms with Gasteiger partial charge in [-0.25, -0.2) is 0 Å². The van der Waals surface area contributed by atoms with Crippen molar-refractivity contribution in [3.8, 4) is 5.75 Å². The van der Waals surface area contributed by atoms with Crippen molar-refractivity contribution in [3.63, 3.8) is 0 Å². The van der Waals surface area contributed by atoms with Crippen LogP contribution in [0.25, 0.3) is 0 Å². The van der Waals surface area contributed by atoms with Crippen LogP contribution in [0.15, 0.2) is 72.8 Å². The Kier molecular flexibility index (Phi) is 6.98. The maximum absolute atomic E-state index is 12.6. The number of amides is 2. The van der Waals surface area contributed by atoms with E-state index in [2.05, 4.69) is 31.4 Å². The second kappa shape index (κ2) is 9.69. The highest BCUT2D eigenvalue weighted by Crippen LogP contribution is 2.23. The van der Waals surface area contributed by atoms with Crippen LogP contribution in [0.5, 0.6) is 5.75 Å². The van der Waals surface area contributed by atoms with E-state index in [4.69, 9.17) is 4.74 Å². The van der Waals surface area contributed by atoms with Gasteiger partial charge in [-0.15, -0.1) is 0 Å². The third-order valence-corrected chi connectivity index (χ3v) is 5.10. The van der Waals surface area contributed by atoms with Crippen molar-refractivity contribution in [3.05, 3.63) is 89.5 Å². The summed E-state index contributed by atoms with van der Waals surface area (Å²) in [5.74, 6) is 0.161. The van der Waals surface area contributed by atoms with Gasteiger partial charge in [0.05, 0.1) is 0 Å². The van der Waals surface area contributed by atoms with Crippen molar-refractivity contribution in [2.24, 2.45) is 0 Å². The molecule has 5 nitrogen and oxygen atoms in total. The molecule has 5 heteroatoms. The first-order valence-electron chi connectivity index (χ1n) is 10.7. The fourth-order valence-corrected chi connectivity index (χ4v) is 3.12. The summed E-state index contributed by atoms with van der Waals surface area (Å²) in [4.78, 5) is 25.2. The molecule has 0 bridgehead atoms. The maximum atomic E-state index is 12.6. The first kappa shape index (κ1) is 23.1. The highest BCUT2D eigenvalue weighted by Gasteiger charge is 2.16. The van der Waals surface area contributed by atoms with Gasteiger partial charge < -0.3 is 15.4 Å². The van der Waals surface area contributed by atoms with Gasteiger partial charge in [0, 0.05) is 16.9 Å². The van der Waals surface area contributed by atoms with Crippen molar-refractivity contribution >= 4 is 23.2 Å². The van der Waals surface area contributed by atoms with Gasteiger partial charge in [0.1, 0.15) is 5.75 Å². The van der Waals surface area contributed by atoms with Crippen LogP contribution in [0.2, 0.25) is 0 Å². The molecule has 0 heterocycles. The Morgan fingerprint density at radius 3 is 2.03 bits per heavy atom. The lowest BCUT2D eigenvalue weighted by Crippen LogP contribution is -2.30. The van der Waals surface area contributed by atoms with Crippen LogP contribution in [0.4, 0.5) is 11.4 Å². The number of hydrogen-bond acceptors (Lipinski definition) is 3. The summed E-state index contributed by atoms with van der Waals surface area (Å²) in [6, 6.07) is 22.2. The normalized spacial score (nSPS) is 12.0. The van der Waals surface area contributed by atoms with E-state index < -0.39 is 6.10 Å². The highest BCUT2D eigenvalue weighted by atomic mass is 16.5. The molecule has 32 heavy (non-hydrogen) atoms. The number of aryl methyl sites for hydroxylation is 1. The monoisotopic (exact) mass is 430 g/mol. The van der Waals surface area contributed by atoms with Crippen molar-refractivity contribution < 1.29 is 14.3 Å². The second-order valence-electron chi connectivity index (χ2n) is 8.92. The Balaban J connectivity index is 1.61. The molecule has 1 atom stereocenters. The highest BCUT2D eigenvalue weighted by molar-refractivity contribution is 6.04. The lowest BCUT2D eigenvalue weighted by molar-refractivity contribution is -0.122. The first-order chi connectivity index (χ1) is 15.1. The van der Waals surface area contributed by atoms with Crippen LogP contribution < -0.4 is 15.4 Å². The molecule has 0 aliphatic heterocycles. The van der Waals surface area contributed by atoms with Crippen molar-refractivity contribution in [2.45, 2.75) is 46.1 Å². The molecule has 3 aromatic carbocycles. The van der Waals surface area contributed by atoms with E-state index in [1.165, 1.54) is 5.56 Å². The van der Waals surface area contributed by atoms with Gasteiger partial charge in [0.2, 0.25) is 0 Å². The van der Waals surface area contributed by atoms with Crippen molar-refractivity contribution in [1.29, 1.82) is 0 Å². The molecule has 0 spiro atoms. The first-order valence-corrected chi connectivity index (χ1v) is 10.7. The zero-order valence-corrected chi connectivity index (χ0v) is 19.2. The summed E-state index contributed by atoms with van der Waals surface area (Å²) in [5, 5.41) is 5.72. The lowest BCUT2D eigenvalue weighted by atomic mass is 9.87. The number of carbonyl (C=O) groups excluding carboxylic acids is 2. The fraction of sp³-hybridized carbons (Fsp3) is 0.259. The van der Waals surface area contributed by atoms with Crippen molar-refractivity contribution in [1.82, 2.24) is 0 Å². The van der Waals surface area contributed by atoms with Crippen LogP contribution in [0, 0.1) is 6.92 Å². The smallest absolute Gasteiger partial charge is 0.265 e. The predicted molar refractivity (Wildman–Crippen MR) is 129 cm³/mol. The molecule has 0 unspecified atom stereocenters. The largest absolute Gasteiger partial charge is 0.481 e. The molecular formula is C27H30N2O3. The predicted octanol–water partition coefficient (Wildman–Crippen LogP) is 5.95. The van der Waals surface area contributed by atoms with Gasteiger partial charge in [-0.1, -0.05) is 56.7 Å². The summed E-state index contributed by atoms with van der Waals surface area (Å²) < 4.78 is 5.71. The summed E-state index contributed by atoms with van der Waals surface area (Å²) >= 11 is 0. The zero-order valence-electron chi connectivity index (χ0n) is 19.2. The quantitative estimate of drug-likeness (QED) is 0.508. The zero-order chi connectivity index (χ0) is 23.3. The van der Waals surface area contributed by atoms with Gasteiger partial charge >= 0.3 is 0 Å². The minimum Gasteiger partial charge on any atom is -0.481 e. The maximum Gasteiger partial charge on any atom is 0.265 e. The van der Waals surface area contributed by atoms with Gasteiger partial charge in [-0.05, 0) is 67.3 Å². The molecule has 0 saturated carbocycles. The number of ether oxygens (including phenoxy) is 1. The molecule has 0 aliphatic carbocycles. The van der Waals surface area contributed by atoms with E-state index in [0.29, 0.717) is 22.7 Å². The number of hydrogen-bond donors (Lipinski definition) is 2. The molecule has 0 aromatic heterocycles. The number of anilines is 2. The summed E-state index contributed by atoms with van der Waals surface area (Å²) in [6.45, 7) is 10.1. The average Bonchev–Trinajstić information content (AvgIpc) is 2.75. The second-order valence-corrected chi connectivity index (χ2v) is 8.92. The molecule has 166 valence electrons. The molecule has 2 amide bonds. The van der Waals surface area contributed by atoms with E-state index >= 15 is 0 Å². The molecule has 0 radical (unpaired) electrons. The topological polar surface area (TPSA) is 67.4 Å². The molecule has 0 aliphatic rings. The SMILES string of the molecule is Cc1ccc(O[C@H](C)C(=O)Nc2cccc(NC(=O)c3ccc(C(C)(C)C)cc3)c2)cc1. The van der Waals surface area contributed by atoms with Gasteiger partial charge in [-0.2, -0.15) is 0 Å². The van der Waals surface area contributed by atoms with Gasteiger partial charge in [-0.3, -0.25) is 9.59 Å². The molecule has 3 aromatic rings. The van der Waals surface area contributed by atoms with E-state index in [0.717, 1.165) is 5.56 Å². The third-order valence-electron chi connectivity index (χ3n) is 5.10. The van der Waals surface area contributed by atoms with Crippen LogP contribution in [-0.4, -0.2) is 17.9 Å². The molecule has 3 rings (SSSR count). The number of rotatable bonds is 6. The van der Waals surface area contributed by atoms with Gasteiger partial charge in [0.15, 0.2) is 6.10 Å². The fourth-order valence-electron chi connectivity index (χ4n) is 3.12. The third kappa shape index (κ3) is 6.20. The van der Waals surface area contributed by atoms with Crippen LogP contribution in [0.1, 0.15) is 49.2 Å². The number of benzene rings is 3. The van der Waals surface area contributed by atoms with E-state index in [1.807, 2.05) is 55.5 Å². The van der Waals surface area contributed by atoms with Crippen LogP contribution in [-0.2, 0) is 10.2 Å². The Morgan fingerprint density at radius 2 is 1.44 bits per heavy atom. The summed E-state index contributed by atoms with van der Waals surface area (Å²) in [5.41, 5.74) is 4.07. The number of nitrogens with one attached hydrogen (secondary N) is 2. The number of carbonyl (C=O) groups is 2. The summed E-state index contributed by atoms with van der Waals surface area (Å²) in [6.07, 6.45) is -0.669. The Morgan fingerprint density at radius 1 is 0.844 bits per heavy atom.